The lowest BCUT2D eigenvalue weighted by Crippen LogP contribution is -2.50. The van der Waals surface area contributed by atoms with Crippen molar-refractivity contribution in [2.24, 2.45) is 0 Å². The van der Waals surface area contributed by atoms with Crippen LogP contribution in [0.25, 0.3) is 0 Å². The quantitative estimate of drug-likeness (QED) is 0.732. The van der Waals surface area contributed by atoms with Gasteiger partial charge in [-0.05, 0) is 29.6 Å². The van der Waals surface area contributed by atoms with Gasteiger partial charge in [0.2, 0.25) is 10.0 Å². The van der Waals surface area contributed by atoms with Crippen molar-refractivity contribution < 1.29 is 16.8 Å². The SMILES string of the molecule is O=S(=O)(c1cc(Cl)cc(Cl)c1)N1CCN(S(=O)(=O)c2cccs2)CC1. The number of sulfonamides is 2. The van der Waals surface area contributed by atoms with Gasteiger partial charge in [0, 0.05) is 36.2 Å². The van der Waals surface area contributed by atoms with Crippen molar-refractivity contribution >= 4 is 54.6 Å². The van der Waals surface area contributed by atoms with Gasteiger partial charge < -0.3 is 0 Å². The summed E-state index contributed by atoms with van der Waals surface area (Å²) in [5.74, 6) is 0. The van der Waals surface area contributed by atoms with Crippen molar-refractivity contribution in [3.05, 3.63) is 45.8 Å². The normalized spacial score (nSPS) is 17.7. The molecule has 0 N–H and O–H groups in total. The number of piperazine rings is 1. The molecule has 1 aromatic heterocycles. The van der Waals surface area contributed by atoms with Crippen LogP contribution in [0.2, 0.25) is 10.0 Å². The topological polar surface area (TPSA) is 74.8 Å². The first-order valence-electron chi connectivity index (χ1n) is 7.21. The molecule has 11 heteroatoms. The minimum atomic E-state index is -3.78. The van der Waals surface area contributed by atoms with E-state index >= 15 is 0 Å². The average molecular weight is 441 g/mol. The number of nitrogens with zero attached hydrogens (tertiary/aromatic N) is 2. The Balaban J connectivity index is 1.78. The van der Waals surface area contributed by atoms with Gasteiger partial charge in [-0.25, -0.2) is 16.8 Å². The van der Waals surface area contributed by atoms with Crippen LogP contribution in [0.4, 0.5) is 0 Å². The lowest BCUT2D eigenvalue weighted by molar-refractivity contribution is 0.273. The van der Waals surface area contributed by atoms with Crippen LogP contribution in [0.1, 0.15) is 0 Å². The smallest absolute Gasteiger partial charge is 0.207 e. The summed E-state index contributed by atoms with van der Waals surface area (Å²) in [4.78, 5) is -0.000404. The van der Waals surface area contributed by atoms with E-state index in [1.165, 1.54) is 32.9 Å². The van der Waals surface area contributed by atoms with Crippen LogP contribution in [0, 0.1) is 0 Å². The molecule has 0 aliphatic carbocycles. The molecule has 1 aromatic carbocycles. The summed E-state index contributed by atoms with van der Waals surface area (Å²) in [6.45, 7) is 0.315. The average Bonchev–Trinajstić information content (AvgIpc) is 3.09. The maximum atomic E-state index is 12.7. The standard InChI is InChI=1S/C14H14Cl2N2O4S3/c15-11-8-12(16)10-13(9-11)24(19,20)17-3-5-18(6-4-17)25(21,22)14-2-1-7-23-14/h1-2,7-10H,3-6H2. The summed E-state index contributed by atoms with van der Waals surface area (Å²) in [7, 11) is -7.36. The maximum Gasteiger partial charge on any atom is 0.252 e. The molecular weight excluding hydrogens is 427 g/mol. The first-order chi connectivity index (χ1) is 11.7. The number of benzene rings is 1. The van der Waals surface area contributed by atoms with Crippen molar-refractivity contribution in [3.8, 4) is 0 Å². The van der Waals surface area contributed by atoms with Crippen molar-refractivity contribution in [3.63, 3.8) is 0 Å². The van der Waals surface area contributed by atoms with E-state index in [0.717, 1.165) is 11.3 Å². The maximum absolute atomic E-state index is 12.7. The minimum Gasteiger partial charge on any atom is -0.207 e. The van der Waals surface area contributed by atoms with Crippen LogP contribution in [0.3, 0.4) is 0 Å². The van der Waals surface area contributed by atoms with E-state index in [0.29, 0.717) is 0 Å². The van der Waals surface area contributed by atoms with E-state index in [-0.39, 0.29) is 45.3 Å². The number of thiophene rings is 1. The van der Waals surface area contributed by atoms with Gasteiger partial charge in [-0.3, -0.25) is 0 Å². The van der Waals surface area contributed by atoms with E-state index in [4.69, 9.17) is 23.2 Å². The fraction of sp³-hybridized carbons (Fsp3) is 0.286. The highest BCUT2D eigenvalue weighted by Crippen LogP contribution is 2.27. The van der Waals surface area contributed by atoms with Gasteiger partial charge in [0.05, 0.1) is 4.90 Å². The molecule has 2 heterocycles. The second kappa shape index (κ2) is 7.15. The molecule has 136 valence electrons. The number of hydrogen-bond acceptors (Lipinski definition) is 5. The lowest BCUT2D eigenvalue weighted by Gasteiger charge is -2.33. The second-order valence-electron chi connectivity index (χ2n) is 5.35. The van der Waals surface area contributed by atoms with Crippen molar-refractivity contribution in [1.82, 2.24) is 8.61 Å². The lowest BCUT2D eigenvalue weighted by atomic mass is 10.4. The Hall–Kier alpha value is -0.680. The predicted octanol–water partition coefficient (Wildman–Crippen LogP) is 2.75. The first-order valence-corrected chi connectivity index (χ1v) is 11.7. The fourth-order valence-electron chi connectivity index (χ4n) is 2.51. The highest BCUT2D eigenvalue weighted by atomic mass is 35.5. The van der Waals surface area contributed by atoms with Crippen LogP contribution >= 0.6 is 34.5 Å². The van der Waals surface area contributed by atoms with Crippen LogP contribution in [0.15, 0.2) is 44.8 Å². The summed E-state index contributed by atoms with van der Waals surface area (Å²) in [6, 6.07) is 7.32. The second-order valence-corrected chi connectivity index (χ2v) is 11.3. The Morgan fingerprint density at radius 2 is 1.36 bits per heavy atom. The van der Waals surface area contributed by atoms with Crippen LogP contribution < -0.4 is 0 Å². The molecule has 2 aromatic rings. The molecule has 0 bridgehead atoms. The number of halogens is 2. The zero-order chi connectivity index (χ0) is 18.2. The van der Waals surface area contributed by atoms with Gasteiger partial charge in [0.15, 0.2) is 0 Å². The highest BCUT2D eigenvalue weighted by Gasteiger charge is 2.34. The number of rotatable bonds is 4. The van der Waals surface area contributed by atoms with Crippen molar-refractivity contribution in [2.45, 2.75) is 9.10 Å². The molecule has 1 aliphatic rings. The van der Waals surface area contributed by atoms with Gasteiger partial charge in [-0.2, -0.15) is 8.61 Å². The molecule has 0 saturated carbocycles. The summed E-state index contributed by atoms with van der Waals surface area (Å²) in [6.07, 6.45) is 0. The monoisotopic (exact) mass is 440 g/mol. The van der Waals surface area contributed by atoms with Gasteiger partial charge >= 0.3 is 0 Å². The molecular formula is C14H14Cl2N2O4S3. The Labute approximate surface area is 160 Å². The van der Waals surface area contributed by atoms with Gasteiger partial charge in [0.1, 0.15) is 4.21 Å². The molecule has 6 nitrogen and oxygen atoms in total. The third-order valence-electron chi connectivity index (χ3n) is 3.76. The molecule has 1 fully saturated rings. The highest BCUT2D eigenvalue weighted by molar-refractivity contribution is 7.91. The van der Waals surface area contributed by atoms with E-state index in [1.807, 2.05) is 0 Å². The zero-order valence-corrected chi connectivity index (χ0v) is 16.8. The van der Waals surface area contributed by atoms with E-state index < -0.39 is 20.0 Å². The fourth-order valence-corrected chi connectivity index (χ4v) is 7.23. The molecule has 0 atom stereocenters. The molecule has 0 spiro atoms. The molecule has 25 heavy (non-hydrogen) atoms. The third kappa shape index (κ3) is 3.87. The van der Waals surface area contributed by atoms with E-state index in [2.05, 4.69) is 0 Å². The van der Waals surface area contributed by atoms with Gasteiger partial charge in [-0.15, -0.1) is 11.3 Å². The molecule has 0 unspecified atom stereocenters. The Morgan fingerprint density at radius 3 is 1.84 bits per heavy atom. The minimum absolute atomic E-state index is 0.000404. The Morgan fingerprint density at radius 1 is 0.840 bits per heavy atom. The van der Waals surface area contributed by atoms with Crippen LogP contribution in [-0.2, 0) is 20.0 Å². The third-order valence-corrected chi connectivity index (χ3v) is 9.35. The van der Waals surface area contributed by atoms with E-state index in [1.54, 1.807) is 11.4 Å². The van der Waals surface area contributed by atoms with Gasteiger partial charge in [-0.1, -0.05) is 29.3 Å². The summed E-state index contributed by atoms with van der Waals surface area (Å²) in [5.41, 5.74) is 0. The zero-order valence-electron chi connectivity index (χ0n) is 12.8. The van der Waals surface area contributed by atoms with Crippen LogP contribution in [0.5, 0.6) is 0 Å². The Kier molecular flexibility index (Phi) is 5.46. The summed E-state index contributed by atoms with van der Waals surface area (Å²) in [5, 5.41) is 2.14. The number of hydrogen-bond donors (Lipinski definition) is 0. The molecule has 0 radical (unpaired) electrons. The van der Waals surface area contributed by atoms with Gasteiger partial charge in [0.25, 0.3) is 10.0 Å². The van der Waals surface area contributed by atoms with Crippen molar-refractivity contribution in [2.75, 3.05) is 26.2 Å². The molecule has 1 saturated heterocycles. The van der Waals surface area contributed by atoms with Crippen LogP contribution in [-0.4, -0.2) is 51.6 Å². The van der Waals surface area contributed by atoms with E-state index in [9.17, 15) is 16.8 Å². The molecule has 1 aliphatic heterocycles. The predicted molar refractivity (Wildman–Crippen MR) is 98.3 cm³/mol. The largest absolute Gasteiger partial charge is 0.252 e. The summed E-state index contributed by atoms with van der Waals surface area (Å²) < 4.78 is 53.2. The van der Waals surface area contributed by atoms with Crippen molar-refractivity contribution in [1.29, 1.82) is 0 Å². The molecule has 3 rings (SSSR count). The summed E-state index contributed by atoms with van der Waals surface area (Å²) >= 11 is 12.9. The first kappa shape index (κ1) is 19.1. The Bertz CT molecular complexity index is 947. The molecule has 0 amide bonds.